The molecule has 0 bridgehead atoms. The van der Waals surface area contributed by atoms with Crippen LogP contribution in [0, 0.1) is 11.6 Å². The molecule has 0 aliphatic heterocycles. The fourth-order valence-corrected chi connectivity index (χ4v) is 3.39. The topological polar surface area (TPSA) is 17.1 Å². The summed E-state index contributed by atoms with van der Waals surface area (Å²) < 4.78 is 26.0. The molecule has 1 aliphatic rings. The summed E-state index contributed by atoms with van der Waals surface area (Å²) in [4.78, 5) is 13.1. The number of halogens is 2. The summed E-state index contributed by atoms with van der Waals surface area (Å²) in [7, 11) is 0. The Balaban J connectivity index is 1.67. The summed E-state index contributed by atoms with van der Waals surface area (Å²) in [5.74, 6) is -1.88. The van der Waals surface area contributed by atoms with Crippen LogP contribution in [0.3, 0.4) is 0 Å². The molecule has 0 saturated carbocycles. The molecule has 1 nitrogen and oxygen atoms in total. The third-order valence-corrected chi connectivity index (χ3v) is 4.68. The Bertz CT molecular complexity index is 697. The molecule has 0 aromatic heterocycles. The van der Waals surface area contributed by atoms with E-state index in [1.54, 1.807) is 0 Å². The first-order chi connectivity index (χ1) is 10.1. The van der Waals surface area contributed by atoms with Crippen molar-refractivity contribution in [1.82, 2.24) is 0 Å². The number of Topliss-reactive ketones (excluding diaryl/α,β-unsaturated/α-hetero) is 1. The predicted octanol–water partition coefficient (Wildman–Crippen LogP) is 4.43. The Morgan fingerprint density at radius 1 is 1.00 bits per heavy atom. The van der Waals surface area contributed by atoms with Crippen molar-refractivity contribution in [3.8, 4) is 0 Å². The molecule has 1 aliphatic carbocycles. The largest absolute Gasteiger partial charge is 0.293 e. The molecule has 0 unspecified atom stereocenters. The smallest absolute Gasteiger partial charge is 0.173 e. The minimum absolute atomic E-state index is 0.195. The normalized spacial score (nSPS) is 13.2. The zero-order chi connectivity index (χ0) is 14.8. The molecule has 4 heteroatoms. The third kappa shape index (κ3) is 3.16. The Morgan fingerprint density at radius 2 is 1.81 bits per heavy atom. The van der Waals surface area contributed by atoms with E-state index in [0.717, 1.165) is 29.9 Å². The average molecular weight is 304 g/mol. The van der Waals surface area contributed by atoms with E-state index in [0.29, 0.717) is 0 Å². The number of rotatable bonds is 4. The van der Waals surface area contributed by atoms with E-state index in [-0.39, 0.29) is 17.1 Å². The number of carbonyl (C=O) groups excluding carboxylic acids is 1. The lowest BCUT2D eigenvalue weighted by Crippen LogP contribution is -2.03. The molecule has 3 rings (SSSR count). The molecule has 0 radical (unpaired) electrons. The number of thioether (sulfide) groups is 1. The van der Waals surface area contributed by atoms with Gasteiger partial charge in [0.1, 0.15) is 0 Å². The number of carbonyl (C=O) groups is 1. The van der Waals surface area contributed by atoms with E-state index in [9.17, 15) is 13.6 Å². The SMILES string of the molecule is O=C(CSc1ccc2c(c1)CCC2)c1ccc(F)c(F)c1. The van der Waals surface area contributed by atoms with Gasteiger partial charge in [0.05, 0.1) is 5.75 Å². The van der Waals surface area contributed by atoms with Crippen molar-refractivity contribution in [1.29, 1.82) is 0 Å². The van der Waals surface area contributed by atoms with Gasteiger partial charge >= 0.3 is 0 Å². The molecule has 0 fully saturated rings. The van der Waals surface area contributed by atoms with Gasteiger partial charge < -0.3 is 0 Å². The van der Waals surface area contributed by atoms with Gasteiger partial charge in [0.2, 0.25) is 0 Å². The van der Waals surface area contributed by atoms with Gasteiger partial charge in [-0.05, 0) is 60.7 Å². The maximum atomic E-state index is 13.1. The molecule has 0 N–H and O–H groups in total. The van der Waals surface area contributed by atoms with Gasteiger partial charge in [0.15, 0.2) is 17.4 Å². The Labute approximate surface area is 126 Å². The zero-order valence-corrected chi connectivity index (χ0v) is 12.2. The lowest BCUT2D eigenvalue weighted by Gasteiger charge is -2.05. The fourth-order valence-electron chi connectivity index (χ4n) is 2.54. The van der Waals surface area contributed by atoms with Gasteiger partial charge in [-0.2, -0.15) is 0 Å². The first-order valence-corrected chi connectivity index (χ1v) is 7.85. The van der Waals surface area contributed by atoms with Gasteiger partial charge in [-0.25, -0.2) is 8.78 Å². The maximum absolute atomic E-state index is 13.1. The molecule has 21 heavy (non-hydrogen) atoms. The summed E-state index contributed by atoms with van der Waals surface area (Å²) >= 11 is 1.43. The standard InChI is InChI=1S/C17H14F2OS/c18-15-7-5-13(9-16(15)19)17(20)10-21-14-6-4-11-2-1-3-12(11)8-14/h4-9H,1-3,10H2. The van der Waals surface area contributed by atoms with Crippen LogP contribution < -0.4 is 0 Å². The van der Waals surface area contributed by atoms with Crippen molar-refractivity contribution in [3.63, 3.8) is 0 Å². The molecule has 0 heterocycles. The average Bonchev–Trinajstić information content (AvgIpc) is 2.95. The van der Waals surface area contributed by atoms with E-state index in [1.165, 1.54) is 35.4 Å². The Hall–Kier alpha value is -1.68. The van der Waals surface area contributed by atoms with Crippen molar-refractivity contribution in [2.24, 2.45) is 0 Å². The van der Waals surface area contributed by atoms with Crippen LogP contribution in [0.4, 0.5) is 8.78 Å². The quantitative estimate of drug-likeness (QED) is 0.614. The van der Waals surface area contributed by atoms with E-state index in [4.69, 9.17) is 0 Å². The summed E-state index contributed by atoms with van der Waals surface area (Å²) in [5.41, 5.74) is 2.97. The fraction of sp³-hybridized carbons (Fsp3) is 0.235. The number of aryl methyl sites for hydroxylation is 2. The lowest BCUT2D eigenvalue weighted by atomic mass is 10.1. The third-order valence-electron chi connectivity index (χ3n) is 3.68. The van der Waals surface area contributed by atoms with Crippen LogP contribution in [0.15, 0.2) is 41.3 Å². The number of ketones is 1. The minimum atomic E-state index is -0.983. The monoisotopic (exact) mass is 304 g/mol. The van der Waals surface area contributed by atoms with Crippen LogP contribution in [0.1, 0.15) is 27.9 Å². The highest BCUT2D eigenvalue weighted by Crippen LogP contribution is 2.28. The summed E-state index contributed by atoms with van der Waals surface area (Å²) in [6, 6.07) is 9.54. The number of hydrogen-bond acceptors (Lipinski definition) is 2. The molecule has 2 aromatic carbocycles. The van der Waals surface area contributed by atoms with E-state index < -0.39 is 11.6 Å². The van der Waals surface area contributed by atoms with Crippen molar-refractivity contribution in [2.45, 2.75) is 24.2 Å². The van der Waals surface area contributed by atoms with Crippen LogP contribution in [0.5, 0.6) is 0 Å². The lowest BCUT2D eigenvalue weighted by molar-refractivity contribution is 0.102. The van der Waals surface area contributed by atoms with E-state index >= 15 is 0 Å². The van der Waals surface area contributed by atoms with E-state index in [2.05, 4.69) is 12.1 Å². The zero-order valence-electron chi connectivity index (χ0n) is 11.4. The number of fused-ring (bicyclic) bond motifs is 1. The van der Waals surface area contributed by atoms with Crippen LogP contribution >= 0.6 is 11.8 Å². The maximum Gasteiger partial charge on any atom is 0.173 e. The first-order valence-electron chi connectivity index (χ1n) is 6.86. The number of benzene rings is 2. The summed E-state index contributed by atoms with van der Waals surface area (Å²) in [6.07, 6.45) is 3.42. The van der Waals surface area contributed by atoms with Gasteiger partial charge in [-0.1, -0.05) is 6.07 Å². The molecule has 0 atom stereocenters. The van der Waals surface area contributed by atoms with Gasteiger partial charge in [0.25, 0.3) is 0 Å². The molecule has 0 amide bonds. The predicted molar refractivity (Wildman–Crippen MR) is 79.9 cm³/mol. The van der Waals surface area contributed by atoms with Crippen molar-refractivity contribution in [2.75, 3.05) is 5.75 Å². The minimum Gasteiger partial charge on any atom is -0.293 e. The Kier molecular flexibility index (Phi) is 4.06. The van der Waals surface area contributed by atoms with Crippen LogP contribution in [-0.4, -0.2) is 11.5 Å². The molecule has 2 aromatic rings. The summed E-state index contributed by atoms with van der Waals surface area (Å²) in [6.45, 7) is 0. The second-order valence-electron chi connectivity index (χ2n) is 5.12. The van der Waals surface area contributed by atoms with Crippen LogP contribution in [0.2, 0.25) is 0 Å². The molecular formula is C17H14F2OS. The first kappa shape index (κ1) is 14.3. The van der Waals surface area contributed by atoms with Crippen LogP contribution in [0.25, 0.3) is 0 Å². The van der Waals surface area contributed by atoms with Gasteiger partial charge in [0, 0.05) is 10.5 Å². The van der Waals surface area contributed by atoms with Crippen molar-refractivity contribution in [3.05, 3.63) is 64.7 Å². The van der Waals surface area contributed by atoms with Crippen LogP contribution in [-0.2, 0) is 12.8 Å². The van der Waals surface area contributed by atoms with E-state index in [1.807, 2.05) is 6.07 Å². The van der Waals surface area contributed by atoms with Crippen molar-refractivity contribution >= 4 is 17.5 Å². The Morgan fingerprint density at radius 3 is 2.62 bits per heavy atom. The van der Waals surface area contributed by atoms with Gasteiger partial charge in [-0.15, -0.1) is 11.8 Å². The summed E-state index contributed by atoms with van der Waals surface area (Å²) in [5, 5.41) is 0. The highest BCUT2D eigenvalue weighted by atomic mass is 32.2. The molecular weight excluding hydrogens is 290 g/mol. The van der Waals surface area contributed by atoms with Gasteiger partial charge in [-0.3, -0.25) is 4.79 Å². The molecule has 108 valence electrons. The molecule has 0 spiro atoms. The molecule has 0 saturated heterocycles. The second kappa shape index (κ2) is 5.98. The highest BCUT2D eigenvalue weighted by Gasteiger charge is 2.13. The second-order valence-corrected chi connectivity index (χ2v) is 6.17. The van der Waals surface area contributed by atoms with Crippen molar-refractivity contribution < 1.29 is 13.6 Å². The number of hydrogen-bond donors (Lipinski definition) is 0. The highest BCUT2D eigenvalue weighted by molar-refractivity contribution is 8.00.